The monoisotopic (exact) mass is 258 g/mol. The SMILES string of the molecule is CC(C)(O[PH](=O)O)C(=O)OCc1ccccc1. The molecule has 0 spiro atoms. The second-order valence-electron chi connectivity index (χ2n) is 3.94. The van der Waals surface area contributed by atoms with E-state index in [0.717, 1.165) is 5.56 Å². The third kappa shape index (κ3) is 4.69. The van der Waals surface area contributed by atoms with Crippen molar-refractivity contribution in [3.05, 3.63) is 35.9 Å². The second kappa shape index (κ2) is 5.96. The van der Waals surface area contributed by atoms with Crippen LogP contribution in [0.15, 0.2) is 30.3 Å². The quantitative estimate of drug-likeness (QED) is 0.645. The average Bonchev–Trinajstić information content (AvgIpc) is 2.25. The van der Waals surface area contributed by atoms with Crippen molar-refractivity contribution >= 4 is 14.2 Å². The van der Waals surface area contributed by atoms with Crippen LogP contribution in [0.2, 0.25) is 0 Å². The summed E-state index contributed by atoms with van der Waals surface area (Å²) in [5.74, 6) is -0.672. The first-order valence-electron chi connectivity index (χ1n) is 5.05. The van der Waals surface area contributed by atoms with Crippen molar-refractivity contribution in [3.8, 4) is 0 Å². The molecule has 0 aromatic heterocycles. The van der Waals surface area contributed by atoms with Gasteiger partial charge in [-0.05, 0) is 19.4 Å². The largest absolute Gasteiger partial charge is 0.459 e. The summed E-state index contributed by atoms with van der Waals surface area (Å²) in [6.07, 6.45) is 0. The summed E-state index contributed by atoms with van der Waals surface area (Å²) in [6.45, 7) is 2.89. The highest BCUT2D eigenvalue weighted by atomic mass is 31.1. The van der Waals surface area contributed by atoms with Crippen LogP contribution in [0.25, 0.3) is 0 Å². The van der Waals surface area contributed by atoms with Gasteiger partial charge in [-0.2, -0.15) is 0 Å². The maximum atomic E-state index is 11.6. The lowest BCUT2D eigenvalue weighted by Crippen LogP contribution is -2.34. The van der Waals surface area contributed by atoms with Gasteiger partial charge < -0.3 is 9.63 Å². The molecule has 0 radical (unpaired) electrons. The molecule has 0 saturated carbocycles. The molecule has 0 heterocycles. The van der Waals surface area contributed by atoms with Gasteiger partial charge in [0.05, 0.1) is 0 Å². The number of rotatable bonds is 5. The van der Waals surface area contributed by atoms with Gasteiger partial charge in [-0.15, -0.1) is 0 Å². The van der Waals surface area contributed by atoms with E-state index < -0.39 is 19.8 Å². The highest BCUT2D eigenvalue weighted by molar-refractivity contribution is 7.32. The van der Waals surface area contributed by atoms with Crippen LogP contribution < -0.4 is 0 Å². The number of hydrogen-bond acceptors (Lipinski definition) is 4. The van der Waals surface area contributed by atoms with E-state index in [1.165, 1.54) is 13.8 Å². The summed E-state index contributed by atoms with van der Waals surface area (Å²) in [7, 11) is -3.17. The highest BCUT2D eigenvalue weighted by Gasteiger charge is 2.32. The van der Waals surface area contributed by atoms with Gasteiger partial charge in [0.25, 0.3) is 0 Å². The molecular weight excluding hydrogens is 243 g/mol. The highest BCUT2D eigenvalue weighted by Crippen LogP contribution is 2.26. The Balaban J connectivity index is 2.52. The van der Waals surface area contributed by atoms with E-state index in [2.05, 4.69) is 4.52 Å². The summed E-state index contributed by atoms with van der Waals surface area (Å²) < 4.78 is 20.2. The van der Waals surface area contributed by atoms with Crippen molar-refractivity contribution in [2.75, 3.05) is 0 Å². The zero-order chi connectivity index (χ0) is 12.9. The van der Waals surface area contributed by atoms with E-state index in [0.29, 0.717) is 0 Å². The van der Waals surface area contributed by atoms with Crippen LogP contribution in [0, 0.1) is 0 Å². The number of ether oxygens (including phenoxy) is 1. The summed E-state index contributed by atoms with van der Waals surface area (Å²) in [5, 5.41) is 0. The molecule has 0 aliphatic carbocycles. The fourth-order valence-corrected chi connectivity index (χ4v) is 1.68. The Hall–Kier alpha value is -1.16. The van der Waals surface area contributed by atoms with Gasteiger partial charge in [-0.3, -0.25) is 9.09 Å². The fraction of sp³-hybridized carbons (Fsp3) is 0.364. The van der Waals surface area contributed by atoms with Crippen molar-refractivity contribution in [1.29, 1.82) is 0 Å². The van der Waals surface area contributed by atoms with Crippen LogP contribution in [0.5, 0.6) is 0 Å². The van der Waals surface area contributed by atoms with E-state index in [4.69, 9.17) is 9.63 Å². The Kier molecular flexibility index (Phi) is 4.87. The zero-order valence-electron chi connectivity index (χ0n) is 9.67. The predicted octanol–water partition coefficient (Wildman–Crippen LogP) is 1.91. The van der Waals surface area contributed by atoms with E-state index in [-0.39, 0.29) is 6.61 Å². The van der Waals surface area contributed by atoms with Gasteiger partial charge in [-0.25, -0.2) is 4.79 Å². The molecule has 0 bridgehead atoms. The molecule has 17 heavy (non-hydrogen) atoms. The number of carbonyl (C=O) groups is 1. The minimum Gasteiger partial charge on any atom is -0.459 e. The maximum absolute atomic E-state index is 11.6. The minimum absolute atomic E-state index is 0.110. The maximum Gasteiger partial charge on any atom is 0.338 e. The molecule has 0 aliphatic heterocycles. The third-order valence-corrected chi connectivity index (χ3v) is 2.73. The molecule has 0 saturated heterocycles. The smallest absolute Gasteiger partial charge is 0.338 e. The van der Waals surface area contributed by atoms with Crippen molar-refractivity contribution in [2.24, 2.45) is 0 Å². The van der Waals surface area contributed by atoms with Crippen LogP contribution in [-0.4, -0.2) is 16.5 Å². The third-order valence-electron chi connectivity index (χ3n) is 2.05. The minimum atomic E-state index is -3.17. The van der Waals surface area contributed by atoms with E-state index >= 15 is 0 Å². The molecule has 1 aromatic rings. The average molecular weight is 258 g/mol. The Morgan fingerprint density at radius 1 is 1.35 bits per heavy atom. The first-order valence-corrected chi connectivity index (χ1v) is 6.31. The number of carbonyl (C=O) groups excluding carboxylic acids is 1. The lowest BCUT2D eigenvalue weighted by Gasteiger charge is -2.21. The van der Waals surface area contributed by atoms with Crippen molar-refractivity contribution in [2.45, 2.75) is 26.1 Å². The van der Waals surface area contributed by atoms with E-state index in [1.54, 1.807) is 0 Å². The van der Waals surface area contributed by atoms with Crippen LogP contribution in [0.3, 0.4) is 0 Å². The topological polar surface area (TPSA) is 72.8 Å². The van der Waals surface area contributed by atoms with Crippen molar-refractivity contribution < 1.29 is 23.5 Å². The van der Waals surface area contributed by atoms with E-state index in [9.17, 15) is 9.36 Å². The van der Waals surface area contributed by atoms with Gasteiger partial charge in [-0.1, -0.05) is 30.3 Å². The molecule has 0 amide bonds. The number of esters is 1. The summed E-state index contributed by atoms with van der Waals surface area (Å²) in [5.41, 5.74) is -0.576. The molecule has 1 rings (SSSR count). The molecule has 1 N–H and O–H groups in total. The Morgan fingerprint density at radius 3 is 2.47 bits per heavy atom. The second-order valence-corrected chi connectivity index (χ2v) is 4.68. The standard InChI is InChI=1S/C11H15O5P/c1-11(2,16-17(13)14)10(12)15-8-9-6-4-3-5-7-9/h3-7,17H,8H2,1-2H3,(H,13,14). The van der Waals surface area contributed by atoms with Crippen LogP contribution in [0.1, 0.15) is 19.4 Å². The van der Waals surface area contributed by atoms with Crippen molar-refractivity contribution in [3.63, 3.8) is 0 Å². The molecule has 1 aromatic carbocycles. The van der Waals surface area contributed by atoms with Gasteiger partial charge in [0, 0.05) is 0 Å². The van der Waals surface area contributed by atoms with Crippen LogP contribution >= 0.6 is 8.25 Å². The van der Waals surface area contributed by atoms with Gasteiger partial charge in [0.2, 0.25) is 0 Å². The Morgan fingerprint density at radius 2 is 1.94 bits per heavy atom. The fourth-order valence-electron chi connectivity index (χ4n) is 1.16. The summed E-state index contributed by atoms with van der Waals surface area (Å²) in [6, 6.07) is 9.15. The number of hydrogen-bond donors (Lipinski definition) is 1. The van der Waals surface area contributed by atoms with Gasteiger partial charge in [0.15, 0.2) is 5.60 Å². The predicted molar refractivity (Wildman–Crippen MR) is 62.6 cm³/mol. The van der Waals surface area contributed by atoms with E-state index in [1.807, 2.05) is 30.3 Å². The molecule has 0 fully saturated rings. The number of benzene rings is 1. The lowest BCUT2D eigenvalue weighted by atomic mass is 10.1. The first-order chi connectivity index (χ1) is 7.92. The molecule has 5 nitrogen and oxygen atoms in total. The summed E-state index contributed by atoms with van der Waals surface area (Å²) >= 11 is 0. The molecule has 6 heteroatoms. The molecule has 1 unspecified atom stereocenters. The Labute approximate surface area is 100 Å². The van der Waals surface area contributed by atoms with Crippen LogP contribution in [-0.2, 0) is 25.2 Å². The van der Waals surface area contributed by atoms with Gasteiger partial charge in [0.1, 0.15) is 6.61 Å². The molecule has 0 aliphatic rings. The summed E-state index contributed by atoms with van der Waals surface area (Å²) in [4.78, 5) is 20.2. The normalized spacial score (nSPS) is 13.1. The first kappa shape index (κ1) is 13.9. The lowest BCUT2D eigenvalue weighted by molar-refractivity contribution is -0.160. The van der Waals surface area contributed by atoms with Crippen LogP contribution in [0.4, 0.5) is 0 Å². The zero-order valence-corrected chi connectivity index (χ0v) is 10.7. The molecular formula is C11H15O5P. The van der Waals surface area contributed by atoms with Gasteiger partial charge >= 0.3 is 14.2 Å². The van der Waals surface area contributed by atoms with Crippen molar-refractivity contribution in [1.82, 2.24) is 0 Å². The molecule has 94 valence electrons. The Bertz CT molecular complexity index is 402. The molecule has 1 atom stereocenters.